The Kier molecular flexibility index (Phi) is 6.22. The van der Waals surface area contributed by atoms with Gasteiger partial charge in [-0.1, -0.05) is 53.4 Å². The van der Waals surface area contributed by atoms with Gasteiger partial charge in [0.15, 0.2) is 0 Å². The van der Waals surface area contributed by atoms with Crippen LogP contribution in [0.2, 0.25) is 5.02 Å². The molecule has 0 amide bonds. The van der Waals surface area contributed by atoms with E-state index in [-0.39, 0.29) is 0 Å². The molecule has 0 aliphatic carbocycles. The van der Waals surface area contributed by atoms with Crippen LogP contribution >= 0.6 is 27.5 Å². The molecular formula is C13H19BrClN. The van der Waals surface area contributed by atoms with Crippen molar-refractivity contribution in [2.45, 2.75) is 31.5 Å². The zero-order valence-corrected chi connectivity index (χ0v) is 12.3. The van der Waals surface area contributed by atoms with Crippen molar-refractivity contribution >= 4 is 33.2 Å². The van der Waals surface area contributed by atoms with Gasteiger partial charge < -0.3 is 4.90 Å². The van der Waals surface area contributed by atoms with Crippen LogP contribution < -0.4 is 4.90 Å². The van der Waals surface area contributed by atoms with Crippen LogP contribution in [0.1, 0.15) is 31.7 Å². The smallest absolute Gasteiger partial charge is 0.0642 e. The molecule has 0 aromatic heterocycles. The zero-order chi connectivity index (χ0) is 12.0. The summed E-state index contributed by atoms with van der Waals surface area (Å²) in [5.41, 5.74) is 2.35. The Morgan fingerprint density at radius 2 is 2.06 bits per heavy atom. The first-order chi connectivity index (χ1) is 7.69. The van der Waals surface area contributed by atoms with Crippen molar-refractivity contribution in [2.75, 3.05) is 18.5 Å². The number of rotatable bonds is 6. The predicted molar refractivity (Wildman–Crippen MR) is 76.9 cm³/mol. The van der Waals surface area contributed by atoms with Crippen LogP contribution in [0, 0.1) is 0 Å². The Morgan fingerprint density at radius 1 is 1.31 bits per heavy atom. The van der Waals surface area contributed by atoms with Gasteiger partial charge in [0.05, 0.1) is 10.7 Å². The van der Waals surface area contributed by atoms with Crippen molar-refractivity contribution in [2.24, 2.45) is 0 Å². The first-order valence-electron chi connectivity index (χ1n) is 5.74. The highest BCUT2D eigenvalue weighted by molar-refractivity contribution is 9.08. The highest BCUT2D eigenvalue weighted by atomic mass is 79.9. The lowest BCUT2D eigenvalue weighted by Gasteiger charge is -2.20. The predicted octanol–water partition coefficient (Wildman–Crippen LogP) is 4.86. The van der Waals surface area contributed by atoms with E-state index in [9.17, 15) is 0 Å². The second-order valence-electron chi connectivity index (χ2n) is 4.05. The van der Waals surface area contributed by atoms with Crippen LogP contribution in [-0.4, -0.2) is 13.6 Å². The summed E-state index contributed by atoms with van der Waals surface area (Å²) < 4.78 is 0. The minimum atomic E-state index is 0.843. The number of halogens is 2. The minimum absolute atomic E-state index is 0.843. The maximum Gasteiger partial charge on any atom is 0.0642 e. The summed E-state index contributed by atoms with van der Waals surface area (Å²) in [6, 6.07) is 6.25. The largest absolute Gasteiger partial charge is 0.373 e. The van der Waals surface area contributed by atoms with Crippen molar-refractivity contribution in [3.63, 3.8) is 0 Å². The molecule has 0 saturated carbocycles. The van der Waals surface area contributed by atoms with Crippen LogP contribution in [0.4, 0.5) is 5.69 Å². The Bertz CT molecular complexity index is 328. The molecule has 0 bridgehead atoms. The van der Waals surface area contributed by atoms with Gasteiger partial charge in [-0.05, 0) is 24.1 Å². The van der Waals surface area contributed by atoms with Crippen LogP contribution in [-0.2, 0) is 5.33 Å². The number of unbranched alkanes of at least 4 members (excludes halogenated alkanes) is 2. The number of hydrogen-bond donors (Lipinski definition) is 0. The molecule has 3 heteroatoms. The number of nitrogens with zero attached hydrogens (tertiary/aromatic N) is 1. The first-order valence-corrected chi connectivity index (χ1v) is 7.24. The van der Waals surface area contributed by atoms with E-state index in [0.29, 0.717) is 0 Å². The van der Waals surface area contributed by atoms with E-state index < -0.39 is 0 Å². The second-order valence-corrected chi connectivity index (χ2v) is 5.02. The lowest BCUT2D eigenvalue weighted by Crippen LogP contribution is -2.18. The molecule has 0 radical (unpaired) electrons. The van der Waals surface area contributed by atoms with Gasteiger partial charge in [0.2, 0.25) is 0 Å². The fourth-order valence-electron chi connectivity index (χ4n) is 1.66. The van der Waals surface area contributed by atoms with E-state index >= 15 is 0 Å². The van der Waals surface area contributed by atoms with Crippen LogP contribution in [0.25, 0.3) is 0 Å². The Hall–Kier alpha value is -0.210. The van der Waals surface area contributed by atoms with Gasteiger partial charge in [-0.2, -0.15) is 0 Å². The molecule has 0 fully saturated rings. The van der Waals surface area contributed by atoms with E-state index in [1.165, 1.54) is 24.8 Å². The molecule has 0 saturated heterocycles. The first kappa shape index (κ1) is 13.9. The fraction of sp³-hybridized carbons (Fsp3) is 0.538. The van der Waals surface area contributed by atoms with Crippen LogP contribution in [0.15, 0.2) is 18.2 Å². The molecule has 0 N–H and O–H groups in total. The summed E-state index contributed by atoms with van der Waals surface area (Å²) >= 11 is 9.69. The summed E-state index contributed by atoms with van der Waals surface area (Å²) in [5.74, 6) is 0. The molecule has 0 aliphatic rings. The number of benzene rings is 1. The highest BCUT2D eigenvalue weighted by Crippen LogP contribution is 2.27. The molecule has 0 heterocycles. The van der Waals surface area contributed by atoms with Crippen molar-refractivity contribution in [1.29, 1.82) is 0 Å². The van der Waals surface area contributed by atoms with Gasteiger partial charge in [0.25, 0.3) is 0 Å². The van der Waals surface area contributed by atoms with E-state index in [1.807, 2.05) is 6.07 Å². The van der Waals surface area contributed by atoms with Crippen molar-refractivity contribution < 1.29 is 0 Å². The van der Waals surface area contributed by atoms with Gasteiger partial charge in [0.1, 0.15) is 0 Å². The Morgan fingerprint density at radius 3 is 2.62 bits per heavy atom. The lowest BCUT2D eigenvalue weighted by molar-refractivity contribution is 0.705. The average molecular weight is 305 g/mol. The maximum absolute atomic E-state index is 6.25. The maximum atomic E-state index is 6.25. The zero-order valence-electron chi connectivity index (χ0n) is 9.97. The van der Waals surface area contributed by atoms with Gasteiger partial charge in [-0.25, -0.2) is 0 Å². The third-order valence-electron chi connectivity index (χ3n) is 2.67. The quantitative estimate of drug-likeness (QED) is 0.536. The molecule has 1 aromatic carbocycles. The molecule has 16 heavy (non-hydrogen) atoms. The molecule has 0 unspecified atom stereocenters. The van der Waals surface area contributed by atoms with E-state index in [0.717, 1.165) is 22.6 Å². The molecule has 0 aliphatic heterocycles. The Balaban J connectivity index is 2.64. The highest BCUT2D eigenvalue weighted by Gasteiger charge is 2.06. The molecule has 0 spiro atoms. The number of hydrogen-bond acceptors (Lipinski definition) is 1. The molecule has 90 valence electrons. The third kappa shape index (κ3) is 3.99. The molecule has 1 nitrogen and oxygen atoms in total. The van der Waals surface area contributed by atoms with E-state index in [1.54, 1.807) is 0 Å². The Labute approximate surface area is 112 Å². The fourth-order valence-corrected chi connectivity index (χ4v) is 2.36. The summed E-state index contributed by atoms with van der Waals surface area (Å²) in [6.45, 7) is 3.29. The number of alkyl halides is 1. The van der Waals surface area contributed by atoms with Crippen molar-refractivity contribution in [3.8, 4) is 0 Å². The summed E-state index contributed by atoms with van der Waals surface area (Å²) in [4.78, 5) is 2.23. The second kappa shape index (κ2) is 7.18. The van der Waals surface area contributed by atoms with Crippen LogP contribution in [0.3, 0.4) is 0 Å². The third-order valence-corrected chi connectivity index (χ3v) is 3.62. The number of anilines is 1. The van der Waals surface area contributed by atoms with Crippen molar-refractivity contribution in [1.82, 2.24) is 0 Å². The summed E-state index contributed by atoms with van der Waals surface area (Å²) in [5, 5.41) is 1.70. The molecule has 1 rings (SSSR count). The molecule has 0 atom stereocenters. The van der Waals surface area contributed by atoms with Gasteiger partial charge in [-0.3, -0.25) is 0 Å². The van der Waals surface area contributed by atoms with Gasteiger partial charge in [-0.15, -0.1) is 0 Å². The average Bonchev–Trinajstić information content (AvgIpc) is 2.29. The SMILES string of the molecule is CCCCCN(C)c1ccc(CBr)cc1Cl. The van der Waals surface area contributed by atoms with E-state index in [4.69, 9.17) is 11.6 Å². The van der Waals surface area contributed by atoms with Gasteiger partial charge >= 0.3 is 0 Å². The van der Waals surface area contributed by atoms with Crippen molar-refractivity contribution in [3.05, 3.63) is 28.8 Å². The molecule has 1 aromatic rings. The summed E-state index contributed by atoms with van der Waals surface area (Å²) in [7, 11) is 2.10. The lowest BCUT2D eigenvalue weighted by atomic mass is 10.2. The van der Waals surface area contributed by atoms with Crippen LogP contribution in [0.5, 0.6) is 0 Å². The van der Waals surface area contributed by atoms with E-state index in [2.05, 4.69) is 46.9 Å². The summed E-state index contributed by atoms with van der Waals surface area (Å²) in [6.07, 6.45) is 3.76. The normalized spacial score (nSPS) is 10.5. The monoisotopic (exact) mass is 303 g/mol. The minimum Gasteiger partial charge on any atom is -0.373 e. The molecular weight excluding hydrogens is 286 g/mol. The standard InChI is InChI=1S/C13H19BrClN/c1-3-4-5-8-16(2)13-7-6-11(10-14)9-12(13)15/h6-7,9H,3-5,8,10H2,1-2H3. The van der Waals surface area contributed by atoms with Gasteiger partial charge in [0, 0.05) is 18.9 Å². The topological polar surface area (TPSA) is 3.24 Å².